The lowest BCUT2D eigenvalue weighted by Gasteiger charge is -2.31. The summed E-state index contributed by atoms with van der Waals surface area (Å²) in [6, 6.07) is 9.85. The second-order valence-electron chi connectivity index (χ2n) is 6.19. The van der Waals surface area contributed by atoms with Gasteiger partial charge in [0.25, 0.3) is 0 Å². The summed E-state index contributed by atoms with van der Waals surface area (Å²) < 4.78 is 0. The molecule has 0 bridgehead atoms. The number of aliphatic hydroxyl groups is 1. The van der Waals surface area contributed by atoms with Crippen molar-refractivity contribution in [1.82, 2.24) is 5.32 Å². The molecule has 0 aromatic heterocycles. The Morgan fingerprint density at radius 3 is 2.43 bits per heavy atom. The van der Waals surface area contributed by atoms with E-state index in [0.29, 0.717) is 0 Å². The summed E-state index contributed by atoms with van der Waals surface area (Å²) in [7, 11) is 0. The van der Waals surface area contributed by atoms with Crippen molar-refractivity contribution in [2.75, 3.05) is 18.1 Å². The number of carbonyl (C=O) groups excluding carboxylic acids is 1. The predicted octanol–water partition coefficient (Wildman–Crippen LogP) is 2.32. The lowest BCUT2D eigenvalue weighted by atomic mass is 9.99. The van der Waals surface area contributed by atoms with Crippen molar-refractivity contribution in [2.24, 2.45) is 0 Å². The first-order valence-corrected chi connectivity index (χ1v) is 7.81. The Kier molecular flexibility index (Phi) is 5.37. The number of amides is 1. The van der Waals surface area contributed by atoms with Gasteiger partial charge in [-0.25, -0.2) is 0 Å². The summed E-state index contributed by atoms with van der Waals surface area (Å²) in [4.78, 5) is 14.4. The van der Waals surface area contributed by atoms with Crippen LogP contribution in [0.15, 0.2) is 30.3 Å². The maximum atomic E-state index is 12.6. The Morgan fingerprint density at radius 2 is 1.90 bits per heavy atom. The van der Waals surface area contributed by atoms with E-state index in [1.54, 1.807) is 0 Å². The SMILES string of the molecule is CC(C)N(C(=O)CNC1(CO)CCCC1)c1ccccc1. The van der Waals surface area contributed by atoms with Crippen LogP contribution in [0.25, 0.3) is 0 Å². The summed E-state index contributed by atoms with van der Waals surface area (Å²) in [5.41, 5.74) is 0.665. The molecule has 116 valence electrons. The van der Waals surface area contributed by atoms with Gasteiger partial charge in [0.1, 0.15) is 0 Å². The van der Waals surface area contributed by atoms with E-state index in [-0.39, 0.29) is 30.6 Å². The number of hydrogen-bond donors (Lipinski definition) is 2. The summed E-state index contributed by atoms with van der Waals surface area (Å²) in [6.07, 6.45) is 4.14. The largest absolute Gasteiger partial charge is 0.394 e. The average molecular weight is 290 g/mol. The van der Waals surface area contributed by atoms with E-state index in [4.69, 9.17) is 0 Å². The molecule has 0 unspecified atom stereocenters. The molecular formula is C17H26N2O2. The normalized spacial score (nSPS) is 17.1. The molecule has 2 rings (SSSR count). The highest BCUT2D eigenvalue weighted by Gasteiger charge is 2.33. The van der Waals surface area contributed by atoms with Crippen LogP contribution in [0, 0.1) is 0 Å². The van der Waals surface area contributed by atoms with Crippen molar-refractivity contribution in [3.05, 3.63) is 30.3 Å². The number of para-hydroxylation sites is 1. The van der Waals surface area contributed by atoms with Gasteiger partial charge in [-0.05, 0) is 38.8 Å². The number of aliphatic hydroxyl groups excluding tert-OH is 1. The summed E-state index contributed by atoms with van der Waals surface area (Å²) in [5, 5.41) is 12.9. The standard InChI is InChI=1S/C17H26N2O2/c1-14(2)19(15-8-4-3-5-9-15)16(21)12-18-17(13-20)10-6-7-11-17/h3-5,8-9,14,18,20H,6-7,10-13H2,1-2H3. The third-order valence-electron chi connectivity index (χ3n) is 4.30. The molecule has 0 saturated heterocycles. The highest BCUT2D eigenvalue weighted by molar-refractivity contribution is 5.95. The lowest BCUT2D eigenvalue weighted by Crippen LogP contribution is -2.52. The molecular weight excluding hydrogens is 264 g/mol. The topological polar surface area (TPSA) is 52.6 Å². The second-order valence-corrected chi connectivity index (χ2v) is 6.19. The molecule has 0 aliphatic heterocycles. The van der Waals surface area contributed by atoms with Crippen LogP contribution in [-0.2, 0) is 4.79 Å². The highest BCUT2D eigenvalue weighted by atomic mass is 16.3. The van der Waals surface area contributed by atoms with E-state index in [1.165, 1.54) is 0 Å². The summed E-state index contributed by atoms with van der Waals surface area (Å²) in [5.74, 6) is 0.0518. The zero-order valence-corrected chi connectivity index (χ0v) is 13.0. The lowest BCUT2D eigenvalue weighted by molar-refractivity contribution is -0.118. The van der Waals surface area contributed by atoms with E-state index in [1.807, 2.05) is 49.1 Å². The van der Waals surface area contributed by atoms with Crippen molar-refractivity contribution < 1.29 is 9.90 Å². The summed E-state index contributed by atoms with van der Waals surface area (Å²) in [6.45, 7) is 4.41. The van der Waals surface area contributed by atoms with Crippen LogP contribution in [0.2, 0.25) is 0 Å². The fourth-order valence-electron chi connectivity index (χ4n) is 3.11. The molecule has 1 aliphatic rings. The highest BCUT2D eigenvalue weighted by Crippen LogP contribution is 2.29. The van der Waals surface area contributed by atoms with Gasteiger partial charge in [0.05, 0.1) is 13.2 Å². The maximum Gasteiger partial charge on any atom is 0.241 e. The van der Waals surface area contributed by atoms with Crippen LogP contribution in [0.1, 0.15) is 39.5 Å². The van der Waals surface area contributed by atoms with Gasteiger partial charge in [-0.15, -0.1) is 0 Å². The minimum absolute atomic E-state index is 0.0518. The van der Waals surface area contributed by atoms with Crippen molar-refractivity contribution in [2.45, 2.75) is 51.1 Å². The quantitative estimate of drug-likeness (QED) is 0.845. The molecule has 4 heteroatoms. The Hall–Kier alpha value is -1.39. The molecule has 0 atom stereocenters. The first-order valence-electron chi connectivity index (χ1n) is 7.81. The Labute approximate surface area is 127 Å². The molecule has 1 aromatic rings. The summed E-state index contributed by atoms with van der Waals surface area (Å²) >= 11 is 0. The van der Waals surface area contributed by atoms with Crippen LogP contribution in [0.4, 0.5) is 5.69 Å². The molecule has 1 aromatic carbocycles. The van der Waals surface area contributed by atoms with Gasteiger partial charge < -0.3 is 15.3 Å². The van der Waals surface area contributed by atoms with E-state index >= 15 is 0 Å². The van der Waals surface area contributed by atoms with E-state index in [2.05, 4.69) is 5.32 Å². The monoisotopic (exact) mass is 290 g/mol. The number of nitrogens with one attached hydrogen (secondary N) is 1. The molecule has 0 spiro atoms. The van der Waals surface area contributed by atoms with Crippen molar-refractivity contribution in [3.8, 4) is 0 Å². The number of rotatable bonds is 6. The van der Waals surface area contributed by atoms with E-state index in [0.717, 1.165) is 31.4 Å². The molecule has 1 saturated carbocycles. The number of carbonyl (C=O) groups is 1. The van der Waals surface area contributed by atoms with Crippen molar-refractivity contribution >= 4 is 11.6 Å². The number of hydrogen-bond acceptors (Lipinski definition) is 3. The smallest absolute Gasteiger partial charge is 0.241 e. The minimum Gasteiger partial charge on any atom is -0.394 e. The second kappa shape index (κ2) is 7.05. The molecule has 1 fully saturated rings. The molecule has 0 radical (unpaired) electrons. The zero-order valence-electron chi connectivity index (χ0n) is 13.0. The molecule has 1 amide bonds. The molecule has 2 N–H and O–H groups in total. The molecule has 4 nitrogen and oxygen atoms in total. The molecule has 21 heavy (non-hydrogen) atoms. The van der Waals surface area contributed by atoms with E-state index < -0.39 is 0 Å². The van der Waals surface area contributed by atoms with Crippen LogP contribution in [0.3, 0.4) is 0 Å². The van der Waals surface area contributed by atoms with Crippen molar-refractivity contribution in [1.29, 1.82) is 0 Å². The van der Waals surface area contributed by atoms with Gasteiger partial charge in [-0.2, -0.15) is 0 Å². The first kappa shape index (κ1) is 16.0. The third kappa shape index (κ3) is 3.83. The zero-order chi connectivity index (χ0) is 15.3. The third-order valence-corrected chi connectivity index (χ3v) is 4.30. The van der Waals surface area contributed by atoms with Gasteiger partial charge in [-0.1, -0.05) is 31.0 Å². The Balaban J connectivity index is 2.03. The van der Waals surface area contributed by atoms with Gasteiger partial charge in [-0.3, -0.25) is 4.79 Å². The van der Waals surface area contributed by atoms with Crippen molar-refractivity contribution in [3.63, 3.8) is 0 Å². The van der Waals surface area contributed by atoms with E-state index in [9.17, 15) is 9.90 Å². The van der Waals surface area contributed by atoms with Crippen LogP contribution in [0.5, 0.6) is 0 Å². The van der Waals surface area contributed by atoms with Gasteiger partial charge in [0.15, 0.2) is 0 Å². The fraction of sp³-hybridized carbons (Fsp3) is 0.588. The van der Waals surface area contributed by atoms with Crippen LogP contribution >= 0.6 is 0 Å². The average Bonchev–Trinajstić information content (AvgIpc) is 2.95. The Bertz CT molecular complexity index is 453. The number of nitrogens with zero attached hydrogens (tertiary/aromatic N) is 1. The number of benzene rings is 1. The van der Waals surface area contributed by atoms with Gasteiger partial charge >= 0.3 is 0 Å². The molecule has 1 aliphatic carbocycles. The molecule has 0 heterocycles. The minimum atomic E-state index is -0.255. The van der Waals surface area contributed by atoms with Crippen LogP contribution < -0.4 is 10.2 Å². The predicted molar refractivity (Wildman–Crippen MR) is 85.4 cm³/mol. The fourth-order valence-corrected chi connectivity index (χ4v) is 3.11. The maximum absolute atomic E-state index is 12.6. The number of anilines is 1. The van der Waals surface area contributed by atoms with Gasteiger partial charge in [0.2, 0.25) is 5.91 Å². The van der Waals surface area contributed by atoms with Gasteiger partial charge in [0, 0.05) is 17.3 Å². The Morgan fingerprint density at radius 1 is 1.29 bits per heavy atom. The van der Waals surface area contributed by atoms with Crippen LogP contribution in [-0.4, -0.2) is 35.7 Å². The first-order chi connectivity index (χ1) is 10.1.